The van der Waals surface area contributed by atoms with Gasteiger partial charge in [-0.15, -0.1) is 0 Å². The lowest BCUT2D eigenvalue weighted by atomic mass is 10.0. The van der Waals surface area contributed by atoms with Crippen LogP contribution in [0.4, 0.5) is 0 Å². The molecular formula is C26H47P. The molecular weight excluding hydrogens is 343 g/mol. The summed E-state index contributed by atoms with van der Waals surface area (Å²) in [5, 5.41) is 1.65. The molecule has 0 N–H and O–H groups in total. The van der Waals surface area contributed by atoms with Gasteiger partial charge in [-0.3, -0.25) is 0 Å². The molecule has 1 rings (SSSR count). The van der Waals surface area contributed by atoms with Crippen molar-refractivity contribution in [2.24, 2.45) is 11.8 Å². The fraction of sp³-hybridized carbons (Fsp3) is 0.769. The Hall–Kier alpha value is -0.350. The molecule has 0 radical (unpaired) electrons. The highest BCUT2D eigenvalue weighted by Crippen LogP contribution is 2.37. The average Bonchev–Trinajstić information content (AvgIpc) is 2.65. The van der Waals surface area contributed by atoms with Crippen molar-refractivity contribution in [3.63, 3.8) is 0 Å². The van der Waals surface area contributed by atoms with Crippen molar-refractivity contribution >= 4 is 13.2 Å². The molecule has 1 heteroatoms. The first-order valence-electron chi connectivity index (χ1n) is 11.9. The van der Waals surface area contributed by atoms with E-state index in [9.17, 15) is 0 Å². The Bertz CT molecular complexity index is 401. The Labute approximate surface area is 172 Å². The summed E-state index contributed by atoms with van der Waals surface area (Å²) in [6.07, 6.45) is 20.1. The van der Waals surface area contributed by atoms with Gasteiger partial charge < -0.3 is 0 Å². The van der Waals surface area contributed by atoms with E-state index in [4.69, 9.17) is 0 Å². The maximum absolute atomic E-state index is 2.39. The summed E-state index contributed by atoms with van der Waals surface area (Å²) in [5.41, 5.74) is 0. The summed E-state index contributed by atoms with van der Waals surface area (Å²) in [5.74, 6) is 1.75. The van der Waals surface area contributed by atoms with Crippen LogP contribution in [0.15, 0.2) is 30.3 Å². The molecule has 0 aromatic heterocycles. The van der Waals surface area contributed by atoms with E-state index >= 15 is 0 Å². The van der Waals surface area contributed by atoms with Gasteiger partial charge in [0, 0.05) is 0 Å². The van der Waals surface area contributed by atoms with E-state index in [1.54, 1.807) is 5.30 Å². The minimum absolute atomic E-state index is 0.0747. The second kappa shape index (κ2) is 16.6. The van der Waals surface area contributed by atoms with Gasteiger partial charge in [-0.25, -0.2) is 0 Å². The van der Waals surface area contributed by atoms with E-state index in [0.29, 0.717) is 0 Å². The maximum atomic E-state index is 2.39. The van der Waals surface area contributed by atoms with Crippen LogP contribution < -0.4 is 5.30 Å². The third-order valence-electron chi connectivity index (χ3n) is 5.54. The van der Waals surface area contributed by atoms with Gasteiger partial charge in [-0.05, 0) is 42.3 Å². The highest BCUT2D eigenvalue weighted by molar-refractivity contribution is 7.65. The maximum Gasteiger partial charge on any atom is -0.0240 e. The smallest absolute Gasteiger partial charge is 0.0240 e. The summed E-state index contributed by atoms with van der Waals surface area (Å²) < 4.78 is 0. The Balaban J connectivity index is 2.21. The lowest BCUT2D eigenvalue weighted by Gasteiger charge is -2.18. The van der Waals surface area contributed by atoms with Crippen LogP contribution in [-0.2, 0) is 0 Å². The average molecular weight is 391 g/mol. The van der Waals surface area contributed by atoms with Gasteiger partial charge in [0.05, 0.1) is 0 Å². The number of hydrogen-bond donors (Lipinski definition) is 0. The molecule has 1 aromatic rings. The van der Waals surface area contributed by atoms with Crippen LogP contribution in [0.1, 0.15) is 105 Å². The van der Waals surface area contributed by atoms with E-state index in [2.05, 4.69) is 58.0 Å². The summed E-state index contributed by atoms with van der Waals surface area (Å²) in [6, 6.07) is 11.4. The molecule has 1 aromatic carbocycles. The highest BCUT2D eigenvalue weighted by Gasteiger charge is 2.10. The van der Waals surface area contributed by atoms with Gasteiger partial charge in [0.2, 0.25) is 0 Å². The molecule has 0 amide bonds. The van der Waals surface area contributed by atoms with E-state index in [0.717, 1.165) is 11.8 Å². The van der Waals surface area contributed by atoms with E-state index in [1.165, 1.54) is 89.4 Å². The first kappa shape index (κ1) is 24.7. The lowest BCUT2D eigenvalue weighted by Crippen LogP contribution is -2.06. The largest absolute Gasteiger partial charge is 0.0753 e. The number of unbranched alkanes of at least 4 members (excludes halogenated alkanes) is 8. The first-order valence-corrected chi connectivity index (χ1v) is 13.6. The quantitative estimate of drug-likeness (QED) is 0.184. The zero-order valence-corrected chi connectivity index (χ0v) is 19.8. The third kappa shape index (κ3) is 14.3. The van der Waals surface area contributed by atoms with Crippen LogP contribution in [0.3, 0.4) is 0 Å². The Kier molecular flexibility index (Phi) is 15.2. The SMILES string of the molecule is CC(C)CCCCCCCP(CCCCCCCC(C)C)c1ccccc1. The molecule has 0 nitrogen and oxygen atoms in total. The van der Waals surface area contributed by atoms with Crippen molar-refractivity contribution in [3.05, 3.63) is 30.3 Å². The van der Waals surface area contributed by atoms with Crippen molar-refractivity contribution in [3.8, 4) is 0 Å². The molecule has 0 saturated carbocycles. The summed E-state index contributed by atoms with van der Waals surface area (Å²) in [7, 11) is 0.0747. The van der Waals surface area contributed by atoms with Crippen LogP contribution in [0.25, 0.3) is 0 Å². The predicted molar refractivity (Wildman–Crippen MR) is 128 cm³/mol. The molecule has 27 heavy (non-hydrogen) atoms. The molecule has 0 atom stereocenters. The monoisotopic (exact) mass is 390 g/mol. The molecule has 0 aliphatic heterocycles. The lowest BCUT2D eigenvalue weighted by molar-refractivity contribution is 0.518. The zero-order valence-electron chi connectivity index (χ0n) is 18.9. The van der Waals surface area contributed by atoms with Gasteiger partial charge in [-0.1, -0.05) is 130 Å². The van der Waals surface area contributed by atoms with Crippen LogP contribution in [0, 0.1) is 11.8 Å². The molecule has 0 bridgehead atoms. The molecule has 0 spiro atoms. The number of hydrogen-bond acceptors (Lipinski definition) is 0. The second-order valence-corrected chi connectivity index (χ2v) is 11.7. The summed E-state index contributed by atoms with van der Waals surface area (Å²) in [6.45, 7) is 9.38. The van der Waals surface area contributed by atoms with Crippen molar-refractivity contribution in [1.82, 2.24) is 0 Å². The topological polar surface area (TPSA) is 0 Å². The molecule has 156 valence electrons. The Morgan fingerprint density at radius 1 is 0.556 bits per heavy atom. The second-order valence-electron chi connectivity index (χ2n) is 9.22. The number of rotatable bonds is 17. The summed E-state index contributed by atoms with van der Waals surface area (Å²) >= 11 is 0. The van der Waals surface area contributed by atoms with Gasteiger partial charge in [-0.2, -0.15) is 0 Å². The number of benzene rings is 1. The molecule has 0 aliphatic carbocycles. The zero-order chi connectivity index (χ0) is 19.7. The van der Waals surface area contributed by atoms with Gasteiger partial charge >= 0.3 is 0 Å². The Morgan fingerprint density at radius 2 is 0.963 bits per heavy atom. The van der Waals surface area contributed by atoms with Gasteiger partial charge in [0.15, 0.2) is 0 Å². The third-order valence-corrected chi connectivity index (χ3v) is 8.28. The van der Waals surface area contributed by atoms with Crippen molar-refractivity contribution in [2.75, 3.05) is 12.3 Å². The minimum Gasteiger partial charge on any atom is -0.0753 e. The van der Waals surface area contributed by atoms with Gasteiger partial charge in [0.25, 0.3) is 0 Å². The molecule has 0 saturated heterocycles. The normalized spacial score (nSPS) is 11.8. The predicted octanol–water partition coefficient (Wildman–Crippen LogP) is 8.79. The van der Waals surface area contributed by atoms with Crippen LogP contribution >= 0.6 is 7.92 Å². The summed E-state index contributed by atoms with van der Waals surface area (Å²) in [4.78, 5) is 0. The molecule has 0 fully saturated rings. The molecule has 0 heterocycles. The van der Waals surface area contributed by atoms with E-state index in [1.807, 2.05) is 0 Å². The van der Waals surface area contributed by atoms with Crippen molar-refractivity contribution < 1.29 is 0 Å². The van der Waals surface area contributed by atoms with Crippen LogP contribution in [-0.4, -0.2) is 12.3 Å². The van der Waals surface area contributed by atoms with Crippen LogP contribution in [0.2, 0.25) is 0 Å². The van der Waals surface area contributed by atoms with Crippen molar-refractivity contribution in [1.29, 1.82) is 0 Å². The highest BCUT2D eigenvalue weighted by atomic mass is 31.1. The Morgan fingerprint density at radius 3 is 1.41 bits per heavy atom. The minimum atomic E-state index is 0.0747. The standard InChI is InChI=1S/C26H47P/c1-24(2)18-12-7-5-9-16-22-27(26-20-14-11-15-21-26)23-17-10-6-8-13-19-25(3)4/h11,14-15,20-21,24-25H,5-10,12-13,16-19,22-23H2,1-4H3. The first-order chi connectivity index (χ1) is 13.1. The van der Waals surface area contributed by atoms with Crippen molar-refractivity contribution in [2.45, 2.75) is 105 Å². The fourth-order valence-electron chi connectivity index (χ4n) is 3.78. The van der Waals surface area contributed by atoms with Gasteiger partial charge in [0.1, 0.15) is 0 Å². The molecule has 0 aliphatic rings. The van der Waals surface area contributed by atoms with E-state index < -0.39 is 0 Å². The van der Waals surface area contributed by atoms with Crippen LogP contribution in [0.5, 0.6) is 0 Å². The van der Waals surface area contributed by atoms with E-state index in [-0.39, 0.29) is 7.92 Å². The fourth-order valence-corrected chi connectivity index (χ4v) is 6.32. The molecule has 0 unspecified atom stereocenters.